The summed E-state index contributed by atoms with van der Waals surface area (Å²) in [6, 6.07) is 0. The maximum atomic E-state index is 5.97. The number of hydrogen-bond acceptors (Lipinski definition) is 6. The molecule has 0 aromatic carbocycles. The van der Waals surface area contributed by atoms with Crippen LogP contribution in [0.5, 0.6) is 0 Å². The predicted molar refractivity (Wildman–Crippen MR) is 79.1 cm³/mol. The lowest BCUT2D eigenvalue weighted by atomic mass is 10.3. The van der Waals surface area contributed by atoms with E-state index in [9.17, 15) is 0 Å². The van der Waals surface area contributed by atoms with Crippen LogP contribution in [0, 0.1) is 0 Å². The van der Waals surface area contributed by atoms with Gasteiger partial charge in [-0.15, -0.1) is 0 Å². The van der Waals surface area contributed by atoms with E-state index >= 15 is 0 Å². The molecular weight excluding hydrogens is 268 g/mol. The summed E-state index contributed by atoms with van der Waals surface area (Å²) in [5.74, 6) is 1.16. The molecular formula is C13H18N8. The van der Waals surface area contributed by atoms with Crippen molar-refractivity contribution in [2.75, 3.05) is 12.8 Å². The molecule has 0 saturated heterocycles. The summed E-state index contributed by atoms with van der Waals surface area (Å²) in [4.78, 5) is 11.0. The third kappa shape index (κ3) is 2.70. The average molecular weight is 286 g/mol. The molecule has 0 aliphatic carbocycles. The van der Waals surface area contributed by atoms with Crippen molar-refractivity contribution in [2.24, 2.45) is 14.1 Å². The van der Waals surface area contributed by atoms with E-state index < -0.39 is 0 Å². The summed E-state index contributed by atoms with van der Waals surface area (Å²) >= 11 is 0. The molecule has 0 unspecified atom stereocenters. The second kappa shape index (κ2) is 5.13. The van der Waals surface area contributed by atoms with Crippen molar-refractivity contribution in [3.8, 4) is 0 Å². The zero-order chi connectivity index (χ0) is 15.0. The van der Waals surface area contributed by atoms with Crippen molar-refractivity contribution in [2.45, 2.75) is 13.1 Å². The highest BCUT2D eigenvalue weighted by molar-refractivity contribution is 5.84. The molecule has 110 valence electrons. The van der Waals surface area contributed by atoms with E-state index in [-0.39, 0.29) is 0 Å². The van der Waals surface area contributed by atoms with Crippen LogP contribution in [0.25, 0.3) is 11.0 Å². The second-order valence-corrected chi connectivity index (χ2v) is 5.23. The van der Waals surface area contributed by atoms with Gasteiger partial charge in [-0.25, -0.2) is 9.97 Å². The zero-order valence-electron chi connectivity index (χ0n) is 12.4. The minimum absolute atomic E-state index is 0.470. The lowest BCUT2D eigenvalue weighted by Gasteiger charge is -2.14. The third-order valence-electron chi connectivity index (χ3n) is 3.29. The number of fused-ring (bicyclic) bond motifs is 1. The van der Waals surface area contributed by atoms with Gasteiger partial charge in [0.05, 0.1) is 24.3 Å². The van der Waals surface area contributed by atoms with Gasteiger partial charge in [0, 0.05) is 32.4 Å². The van der Waals surface area contributed by atoms with Gasteiger partial charge in [0.15, 0.2) is 5.65 Å². The molecule has 0 bridgehead atoms. The summed E-state index contributed by atoms with van der Waals surface area (Å²) in [7, 11) is 5.77. The fourth-order valence-electron chi connectivity index (χ4n) is 2.32. The first-order valence-corrected chi connectivity index (χ1v) is 6.63. The van der Waals surface area contributed by atoms with E-state index in [4.69, 9.17) is 5.73 Å². The minimum atomic E-state index is 0.470. The number of aryl methyl sites for hydroxylation is 2. The number of anilines is 1. The largest absolute Gasteiger partial charge is 0.383 e. The number of aromatic nitrogens is 6. The van der Waals surface area contributed by atoms with E-state index in [1.54, 1.807) is 15.6 Å². The normalized spacial score (nSPS) is 11.6. The molecule has 8 heteroatoms. The Balaban J connectivity index is 1.79. The van der Waals surface area contributed by atoms with Crippen LogP contribution in [0.2, 0.25) is 0 Å². The molecule has 3 heterocycles. The summed E-state index contributed by atoms with van der Waals surface area (Å²) < 4.78 is 3.50. The molecule has 21 heavy (non-hydrogen) atoms. The summed E-state index contributed by atoms with van der Waals surface area (Å²) in [6.07, 6.45) is 5.54. The minimum Gasteiger partial charge on any atom is -0.383 e. The van der Waals surface area contributed by atoms with Crippen molar-refractivity contribution in [3.05, 3.63) is 30.0 Å². The Hall–Kier alpha value is -2.48. The Morgan fingerprint density at radius 3 is 2.67 bits per heavy atom. The Bertz CT molecular complexity index is 772. The van der Waals surface area contributed by atoms with Crippen molar-refractivity contribution in [3.63, 3.8) is 0 Å². The van der Waals surface area contributed by atoms with Gasteiger partial charge in [-0.05, 0) is 7.05 Å². The van der Waals surface area contributed by atoms with Gasteiger partial charge in [0.25, 0.3) is 0 Å². The molecule has 3 aromatic rings. The van der Waals surface area contributed by atoms with Crippen molar-refractivity contribution >= 4 is 16.9 Å². The standard InChI is InChI=1S/C13H18N8/c1-19(6-9-4-15-20(2)7-9)8-11-17-12(14)10-5-16-21(3)13(10)18-11/h4-5,7H,6,8H2,1-3H3,(H2,14,17,18). The third-order valence-corrected chi connectivity index (χ3v) is 3.29. The molecule has 0 amide bonds. The van der Waals surface area contributed by atoms with E-state index in [0.717, 1.165) is 23.1 Å². The molecule has 0 fully saturated rings. The lowest BCUT2D eigenvalue weighted by Crippen LogP contribution is -2.19. The van der Waals surface area contributed by atoms with Gasteiger partial charge in [0.1, 0.15) is 11.6 Å². The van der Waals surface area contributed by atoms with Gasteiger partial charge in [0.2, 0.25) is 0 Å². The molecule has 0 radical (unpaired) electrons. The predicted octanol–water partition coefficient (Wildman–Crippen LogP) is 0.311. The highest BCUT2D eigenvalue weighted by atomic mass is 15.3. The first-order chi connectivity index (χ1) is 10.0. The monoisotopic (exact) mass is 286 g/mol. The summed E-state index contributed by atoms with van der Waals surface area (Å²) in [5.41, 5.74) is 7.87. The Morgan fingerprint density at radius 2 is 1.95 bits per heavy atom. The number of hydrogen-bond donors (Lipinski definition) is 1. The fraction of sp³-hybridized carbons (Fsp3) is 0.385. The quantitative estimate of drug-likeness (QED) is 0.742. The maximum Gasteiger partial charge on any atom is 0.163 e. The molecule has 0 saturated carbocycles. The van der Waals surface area contributed by atoms with Crippen molar-refractivity contribution in [1.82, 2.24) is 34.4 Å². The molecule has 0 spiro atoms. The van der Waals surface area contributed by atoms with Gasteiger partial charge in [-0.1, -0.05) is 0 Å². The molecule has 3 rings (SSSR count). The van der Waals surface area contributed by atoms with Crippen LogP contribution in [0.4, 0.5) is 5.82 Å². The Morgan fingerprint density at radius 1 is 1.14 bits per heavy atom. The molecule has 0 aliphatic rings. The average Bonchev–Trinajstić information content (AvgIpc) is 2.97. The zero-order valence-corrected chi connectivity index (χ0v) is 12.4. The van der Waals surface area contributed by atoms with Crippen molar-refractivity contribution < 1.29 is 0 Å². The summed E-state index contributed by atoms with van der Waals surface area (Å²) in [5, 5.41) is 9.11. The van der Waals surface area contributed by atoms with Crippen LogP contribution in [0.1, 0.15) is 11.4 Å². The van der Waals surface area contributed by atoms with Gasteiger partial charge >= 0.3 is 0 Å². The van der Waals surface area contributed by atoms with Gasteiger partial charge < -0.3 is 5.73 Å². The number of nitrogen functional groups attached to an aromatic ring is 1. The molecule has 3 aromatic heterocycles. The fourth-order valence-corrected chi connectivity index (χ4v) is 2.32. The van der Waals surface area contributed by atoms with E-state index in [1.165, 1.54) is 0 Å². The topological polar surface area (TPSA) is 90.7 Å². The Labute approximate surface area is 122 Å². The van der Waals surface area contributed by atoms with Crippen LogP contribution in [-0.2, 0) is 27.2 Å². The highest BCUT2D eigenvalue weighted by Crippen LogP contribution is 2.17. The van der Waals surface area contributed by atoms with Crippen LogP contribution in [0.15, 0.2) is 18.6 Å². The van der Waals surface area contributed by atoms with E-state index in [0.29, 0.717) is 18.2 Å². The highest BCUT2D eigenvalue weighted by Gasteiger charge is 2.11. The Kier molecular flexibility index (Phi) is 3.30. The molecule has 0 atom stereocenters. The van der Waals surface area contributed by atoms with E-state index in [2.05, 4.69) is 25.1 Å². The maximum absolute atomic E-state index is 5.97. The number of nitrogens with two attached hydrogens (primary N) is 1. The van der Waals surface area contributed by atoms with Crippen LogP contribution in [0.3, 0.4) is 0 Å². The first kappa shape index (κ1) is 13.5. The number of nitrogens with zero attached hydrogens (tertiary/aromatic N) is 7. The molecule has 0 aliphatic heterocycles. The van der Waals surface area contributed by atoms with Gasteiger partial charge in [-0.2, -0.15) is 10.2 Å². The first-order valence-electron chi connectivity index (χ1n) is 6.63. The van der Waals surface area contributed by atoms with Gasteiger partial charge in [-0.3, -0.25) is 14.3 Å². The lowest BCUT2D eigenvalue weighted by molar-refractivity contribution is 0.311. The molecule has 8 nitrogen and oxygen atoms in total. The van der Waals surface area contributed by atoms with Crippen LogP contribution >= 0.6 is 0 Å². The summed E-state index contributed by atoms with van der Waals surface area (Å²) in [6.45, 7) is 1.39. The van der Waals surface area contributed by atoms with E-state index in [1.807, 2.05) is 33.5 Å². The SMILES string of the molecule is CN(Cc1cnn(C)c1)Cc1nc(N)c2cnn(C)c2n1. The molecule has 2 N–H and O–H groups in total. The van der Waals surface area contributed by atoms with Crippen LogP contribution < -0.4 is 5.73 Å². The number of rotatable bonds is 4. The van der Waals surface area contributed by atoms with Crippen LogP contribution in [-0.4, -0.2) is 41.5 Å². The van der Waals surface area contributed by atoms with Crippen molar-refractivity contribution in [1.29, 1.82) is 0 Å². The smallest absolute Gasteiger partial charge is 0.163 e. The second-order valence-electron chi connectivity index (χ2n) is 5.23.